The summed E-state index contributed by atoms with van der Waals surface area (Å²) in [4.78, 5) is 35.0. The first-order valence-electron chi connectivity index (χ1n) is 6.86. The zero-order valence-electron chi connectivity index (χ0n) is 13.0. The summed E-state index contributed by atoms with van der Waals surface area (Å²) >= 11 is 0. The molecule has 1 aromatic heterocycles. The van der Waals surface area contributed by atoms with Crippen LogP contribution in [0.2, 0.25) is 0 Å². The number of hydrogen-bond donors (Lipinski definition) is 1. The molecule has 0 bridgehead atoms. The molecule has 0 saturated carbocycles. The van der Waals surface area contributed by atoms with Crippen LogP contribution >= 0.6 is 0 Å². The average molecular weight is 312 g/mol. The van der Waals surface area contributed by atoms with Gasteiger partial charge in [0.15, 0.2) is 6.61 Å². The standard InChI is InChI=1S/C14H20N2O6/c1-5-8(2)12(14(19)20-4)15-11(17)7-21-13(18)10-6-9(3)16-22-10/h6,8,12H,5,7H2,1-4H3,(H,15,17)/t8-,12+/m0/s1. The van der Waals surface area contributed by atoms with Crippen molar-refractivity contribution in [1.82, 2.24) is 10.5 Å². The summed E-state index contributed by atoms with van der Waals surface area (Å²) in [6, 6.07) is 0.616. The largest absolute Gasteiger partial charge is 0.467 e. The highest BCUT2D eigenvalue weighted by Gasteiger charge is 2.27. The molecule has 0 aliphatic carbocycles. The third kappa shape index (κ3) is 4.87. The SMILES string of the molecule is CC[C@H](C)[C@@H](NC(=O)COC(=O)c1cc(C)no1)C(=O)OC. The van der Waals surface area contributed by atoms with Crippen molar-refractivity contribution in [2.24, 2.45) is 5.92 Å². The van der Waals surface area contributed by atoms with Gasteiger partial charge in [0.05, 0.1) is 12.8 Å². The number of carbonyl (C=O) groups excluding carboxylic acids is 3. The Morgan fingerprint density at radius 2 is 2.09 bits per heavy atom. The summed E-state index contributed by atoms with van der Waals surface area (Å²) in [7, 11) is 1.25. The second-order valence-electron chi connectivity index (χ2n) is 4.86. The lowest BCUT2D eigenvalue weighted by atomic mass is 9.99. The molecule has 0 aliphatic heterocycles. The van der Waals surface area contributed by atoms with E-state index in [0.29, 0.717) is 12.1 Å². The second-order valence-corrected chi connectivity index (χ2v) is 4.86. The summed E-state index contributed by atoms with van der Waals surface area (Å²) in [5.41, 5.74) is 0.527. The van der Waals surface area contributed by atoms with E-state index in [-0.39, 0.29) is 11.7 Å². The van der Waals surface area contributed by atoms with Gasteiger partial charge in [0.2, 0.25) is 5.76 Å². The van der Waals surface area contributed by atoms with Crippen molar-refractivity contribution >= 4 is 17.8 Å². The van der Waals surface area contributed by atoms with Crippen LogP contribution in [0.25, 0.3) is 0 Å². The zero-order chi connectivity index (χ0) is 16.7. The van der Waals surface area contributed by atoms with Gasteiger partial charge in [-0.05, 0) is 12.8 Å². The van der Waals surface area contributed by atoms with Crippen LogP contribution in [-0.2, 0) is 19.1 Å². The average Bonchev–Trinajstić information content (AvgIpc) is 2.95. The molecule has 2 atom stereocenters. The Morgan fingerprint density at radius 1 is 1.41 bits per heavy atom. The number of esters is 2. The number of nitrogens with zero attached hydrogens (tertiary/aromatic N) is 1. The third-order valence-electron chi connectivity index (χ3n) is 3.15. The minimum Gasteiger partial charge on any atom is -0.467 e. The summed E-state index contributed by atoms with van der Waals surface area (Å²) in [5, 5.41) is 6.04. The lowest BCUT2D eigenvalue weighted by Gasteiger charge is -2.21. The van der Waals surface area contributed by atoms with Gasteiger partial charge in [-0.25, -0.2) is 9.59 Å². The highest BCUT2D eigenvalue weighted by molar-refractivity contribution is 5.90. The van der Waals surface area contributed by atoms with E-state index < -0.39 is 30.5 Å². The maximum absolute atomic E-state index is 11.8. The summed E-state index contributed by atoms with van der Waals surface area (Å²) in [6.07, 6.45) is 0.678. The number of rotatable bonds is 7. The van der Waals surface area contributed by atoms with E-state index in [1.165, 1.54) is 13.2 Å². The fourth-order valence-electron chi connectivity index (χ4n) is 1.67. The van der Waals surface area contributed by atoms with Crippen molar-refractivity contribution < 1.29 is 28.4 Å². The van der Waals surface area contributed by atoms with E-state index in [9.17, 15) is 14.4 Å². The molecule has 1 rings (SSSR count). The van der Waals surface area contributed by atoms with E-state index in [0.717, 1.165) is 0 Å². The van der Waals surface area contributed by atoms with Crippen molar-refractivity contribution in [1.29, 1.82) is 0 Å². The Kier molecular flexibility index (Phi) is 6.55. The molecule has 122 valence electrons. The van der Waals surface area contributed by atoms with Crippen LogP contribution in [0.15, 0.2) is 10.6 Å². The molecule has 1 aromatic rings. The molecular weight excluding hydrogens is 292 g/mol. The molecule has 8 heteroatoms. The Hall–Kier alpha value is -2.38. The van der Waals surface area contributed by atoms with Crippen LogP contribution in [0.3, 0.4) is 0 Å². The fourth-order valence-corrected chi connectivity index (χ4v) is 1.67. The summed E-state index contributed by atoms with van der Waals surface area (Å²) in [5.74, 6) is -2.13. The van der Waals surface area contributed by atoms with Gasteiger partial charge in [0.25, 0.3) is 5.91 Å². The Bertz CT molecular complexity index is 539. The maximum atomic E-state index is 11.8. The molecule has 0 aliphatic rings. The monoisotopic (exact) mass is 312 g/mol. The molecule has 1 heterocycles. The van der Waals surface area contributed by atoms with Gasteiger partial charge in [-0.1, -0.05) is 25.4 Å². The van der Waals surface area contributed by atoms with E-state index in [4.69, 9.17) is 9.26 Å². The van der Waals surface area contributed by atoms with Gasteiger partial charge in [-0.15, -0.1) is 0 Å². The molecule has 8 nitrogen and oxygen atoms in total. The van der Waals surface area contributed by atoms with Gasteiger partial charge in [0.1, 0.15) is 6.04 Å². The maximum Gasteiger partial charge on any atom is 0.377 e. The number of hydrogen-bond acceptors (Lipinski definition) is 7. The van der Waals surface area contributed by atoms with E-state index in [1.807, 2.05) is 13.8 Å². The predicted octanol–water partition coefficient (Wildman–Crippen LogP) is 0.844. The Labute approximate surface area is 128 Å². The topological polar surface area (TPSA) is 108 Å². The predicted molar refractivity (Wildman–Crippen MR) is 74.9 cm³/mol. The van der Waals surface area contributed by atoms with Crippen molar-refractivity contribution in [3.05, 3.63) is 17.5 Å². The number of amides is 1. The van der Waals surface area contributed by atoms with E-state index in [2.05, 4.69) is 15.2 Å². The highest BCUT2D eigenvalue weighted by atomic mass is 16.6. The van der Waals surface area contributed by atoms with Gasteiger partial charge < -0.3 is 19.3 Å². The number of methoxy groups -OCH3 is 1. The third-order valence-corrected chi connectivity index (χ3v) is 3.15. The smallest absolute Gasteiger partial charge is 0.377 e. The Balaban J connectivity index is 2.53. The number of carbonyl (C=O) groups is 3. The summed E-state index contributed by atoms with van der Waals surface area (Å²) in [6.45, 7) is 4.83. The van der Waals surface area contributed by atoms with Gasteiger partial charge in [-0.3, -0.25) is 4.79 Å². The quantitative estimate of drug-likeness (QED) is 0.743. The van der Waals surface area contributed by atoms with Gasteiger partial charge in [0, 0.05) is 6.07 Å². The molecule has 0 spiro atoms. The van der Waals surface area contributed by atoms with Crippen molar-refractivity contribution in [2.75, 3.05) is 13.7 Å². The highest BCUT2D eigenvalue weighted by Crippen LogP contribution is 2.09. The zero-order valence-corrected chi connectivity index (χ0v) is 13.0. The van der Waals surface area contributed by atoms with Crippen LogP contribution < -0.4 is 5.32 Å². The first-order chi connectivity index (χ1) is 10.4. The van der Waals surface area contributed by atoms with Crippen LogP contribution in [0.4, 0.5) is 0 Å². The summed E-state index contributed by atoms with van der Waals surface area (Å²) < 4.78 is 14.2. The van der Waals surface area contributed by atoms with Crippen LogP contribution in [0.5, 0.6) is 0 Å². The Morgan fingerprint density at radius 3 is 2.59 bits per heavy atom. The van der Waals surface area contributed by atoms with Crippen LogP contribution in [0.1, 0.15) is 36.5 Å². The lowest BCUT2D eigenvalue weighted by molar-refractivity contribution is -0.147. The van der Waals surface area contributed by atoms with Crippen molar-refractivity contribution in [3.8, 4) is 0 Å². The molecular formula is C14H20N2O6. The molecule has 0 saturated heterocycles. The molecule has 1 N–H and O–H groups in total. The normalized spacial score (nSPS) is 13.1. The second kappa shape index (κ2) is 8.16. The van der Waals surface area contributed by atoms with E-state index in [1.54, 1.807) is 6.92 Å². The van der Waals surface area contributed by atoms with Gasteiger partial charge in [-0.2, -0.15) is 0 Å². The molecule has 22 heavy (non-hydrogen) atoms. The fraction of sp³-hybridized carbons (Fsp3) is 0.571. The molecule has 0 fully saturated rings. The van der Waals surface area contributed by atoms with Crippen molar-refractivity contribution in [2.45, 2.75) is 33.2 Å². The molecule has 0 unspecified atom stereocenters. The molecule has 1 amide bonds. The van der Waals surface area contributed by atoms with Crippen LogP contribution in [0, 0.1) is 12.8 Å². The number of aryl methyl sites for hydroxylation is 1. The van der Waals surface area contributed by atoms with E-state index >= 15 is 0 Å². The van der Waals surface area contributed by atoms with Crippen LogP contribution in [-0.4, -0.2) is 42.8 Å². The number of nitrogens with one attached hydrogen (secondary N) is 1. The minimum atomic E-state index is -0.797. The van der Waals surface area contributed by atoms with Crippen molar-refractivity contribution in [3.63, 3.8) is 0 Å². The number of aromatic nitrogens is 1. The molecule has 0 aromatic carbocycles. The lowest BCUT2D eigenvalue weighted by Crippen LogP contribution is -2.47. The first kappa shape index (κ1) is 17.7. The minimum absolute atomic E-state index is 0.0863. The molecule has 0 radical (unpaired) electrons. The first-order valence-corrected chi connectivity index (χ1v) is 6.86. The number of ether oxygens (including phenoxy) is 2. The van der Waals surface area contributed by atoms with Gasteiger partial charge >= 0.3 is 11.9 Å².